The molecule has 0 bridgehead atoms. The van der Waals surface area contributed by atoms with Gasteiger partial charge in [0, 0.05) is 6.54 Å². The largest absolute Gasteiger partial charge is 0.481 e. The Morgan fingerprint density at radius 2 is 2.30 bits per heavy atom. The number of anilines is 1. The first-order valence-corrected chi connectivity index (χ1v) is 6.52. The molecule has 0 aromatic carbocycles. The lowest BCUT2D eigenvalue weighted by atomic mass is 10.0. The number of nitrogens with zero attached hydrogens (tertiary/aromatic N) is 3. The third kappa shape index (κ3) is 2.53. The molecule has 1 aliphatic heterocycles. The number of carbonyl (C=O) groups is 1. The highest BCUT2D eigenvalue weighted by molar-refractivity contribution is 5.72. The third-order valence-electron chi connectivity index (χ3n) is 3.59. The number of aliphatic carboxylic acids is 1. The van der Waals surface area contributed by atoms with Crippen LogP contribution in [0.4, 0.5) is 5.82 Å². The van der Waals surface area contributed by atoms with Gasteiger partial charge >= 0.3 is 5.97 Å². The first kappa shape index (κ1) is 14.5. The van der Waals surface area contributed by atoms with Crippen LogP contribution in [0.25, 0.3) is 0 Å². The van der Waals surface area contributed by atoms with Crippen LogP contribution in [0.1, 0.15) is 12.5 Å². The second kappa shape index (κ2) is 6.04. The van der Waals surface area contributed by atoms with E-state index >= 15 is 0 Å². The molecule has 0 amide bonds. The first-order valence-electron chi connectivity index (χ1n) is 6.52. The van der Waals surface area contributed by atoms with Crippen molar-refractivity contribution in [1.82, 2.24) is 9.97 Å². The van der Waals surface area contributed by atoms with Crippen LogP contribution in [0.3, 0.4) is 0 Å². The maximum Gasteiger partial charge on any atom is 0.311 e. The highest BCUT2D eigenvalue weighted by atomic mass is 16.5. The Labute approximate surface area is 117 Å². The van der Waals surface area contributed by atoms with E-state index in [1.807, 2.05) is 18.7 Å². The van der Waals surface area contributed by atoms with Gasteiger partial charge in [-0.25, -0.2) is 9.97 Å². The molecular formula is C13H19N3O4. The van der Waals surface area contributed by atoms with E-state index in [-0.39, 0.29) is 12.6 Å². The number of hydrogen-bond donors (Lipinski definition) is 1. The summed E-state index contributed by atoms with van der Waals surface area (Å²) in [5, 5.41) is 9.28. The summed E-state index contributed by atoms with van der Waals surface area (Å²) >= 11 is 0. The Kier molecular flexibility index (Phi) is 4.39. The van der Waals surface area contributed by atoms with Gasteiger partial charge < -0.3 is 19.5 Å². The van der Waals surface area contributed by atoms with E-state index in [0.717, 1.165) is 5.56 Å². The average Bonchev–Trinajstić information content (AvgIpc) is 2.91. The van der Waals surface area contributed by atoms with Gasteiger partial charge in [-0.05, 0) is 13.8 Å². The van der Waals surface area contributed by atoms with Crippen LogP contribution in [0.2, 0.25) is 0 Å². The molecule has 0 spiro atoms. The molecule has 1 fully saturated rings. The van der Waals surface area contributed by atoms with E-state index in [9.17, 15) is 9.90 Å². The first-order chi connectivity index (χ1) is 9.60. The topological polar surface area (TPSA) is 84.8 Å². The molecule has 0 saturated carbocycles. The molecule has 1 aromatic rings. The maximum absolute atomic E-state index is 11.3. The van der Waals surface area contributed by atoms with Crippen molar-refractivity contribution < 1.29 is 19.4 Å². The summed E-state index contributed by atoms with van der Waals surface area (Å²) in [7, 11) is 1.55. The number of rotatable bonds is 5. The van der Waals surface area contributed by atoms with Crippen LogP contribution in [0.15, 0.2) is 6.33 Å². The van der Waals surface area contributed by atoms with Crippen molar-refractivity contribution in [2.75, 3.05) is 31.8 Å². The number of methoxy groups -OCH3 is 1. The summed E-state index contributed by atoms with van der Waals surface area (Å²) in [6.07, 6.45) is 1.43. The molecule has 1 aromatic heterocycles. The number of carboxylic acid groups (broad SMARTS) is 1. The van der Waals surface area contributed by atoms with E-state index in [1.165, 1.54) is 6.33 Å². The van der Waals surface area contributed by atoms with Crippen LogP contribution in [-0.2, 0) is 9.53 Å². The van der Waals surface area contributed by atoms with E-state index < -0.39 is 11.9 Å². The van der Waals surface area contributed by atoms with E-state index in [4.69, 9.17) is 9.47 Å². The van der Waals surface area contributed by atoms with Crippen molar-refractivity contribution in [3.63, 3.8) is 0 Å². The number of likely N-dealkylation sites (N-methyl/N-ethyl adjacent to an activating group) is 1. The smallest absolute Gasteiger partial charge is 0.311 e. The minimum Gasteiger partial charge on any atom is -0.481 e. The van der Waals surface area contributed by atoms with E-state index in [0.29, 0.717) is 24.8 Å². The third-order valence-corrected chi connectivity index (χ3v) is 3.59. The van der Waals surface area contributed by atoms with Gasteiger partial charge in [-0.15, -0.1) is 0 Å². The van der Waals surface area contributed by atoms with Crippen LogP contribution in [0.5, 0.6) is 5.88 Å². The minimum atomic E-state index is -0.843. The number of hydrogen-bond acceptors (Lipinski definition) is 6. The second-order valence-electron chi connectivity index (χ2n) is 4.67. The molecule has 1 N–H and O–H groups in total. The van der Waals surface area contributed by atoms with Gasteiger partial charge in [0.25, 0.3) is 0 Å². The van der Waals surface area contributed by atoms with Gasteiger partial charge in [0.1, 0.15) is 18.1 Å². The molecule has 1 saturated heterocycles. The molecule has 110 valence electrons. The van der Waals surface area contributed by atoms with Gasteiger partial charge in [-0.3, -0.25) is 4.79 Å². The second-order valence-corrected chi connectivity index (χ2v) is 4.67. The Balaban J connectivity index is 2.35. The van der Waals surface area contributed by atoms with Crippen LogP contribution in [-0.4, -0.2) is 54.0 Å². The zero-order chi connectivity index (χ0) is 14.7. The summed E-state index contributed by atoms with van der Waals surface area (Å²) in [5.74, 6) is -0.194. The predicted molar refractivity (Wildman–Crippen MR) is 72.1 cm³/mol. The Bertz CT molecular complexity index is 495. The molecule has 2 heterocycles. The zero-order valence-electron chi connectivity index (χ0n) is 11.9. The number of carboxylic acids is 1. The summed E-state index contributed by atoms with van der Waals surface area (Å²) in [6, 6.07) is -0.226. The van der Waals surface area contributed by atoms with Gasteiger partial charge in [0.15, 0.2) is 0 Å². The van der Waals surface area contributed by atoms with Crippen molar-refractivity contribution >= 4 is 11.8 Å². The molecular weight excluding hydrogens is 262 g/mol. The highest BCUT2D eigenvalue weighted by Crippen LogP contribution is 2.29. The fourth-order valence-electron chi connectivity index (χ4n) is 2.55. The maximum atomic E-state index is 11.3. The van der Waals surface area contributed by atoms with Gasteiger partial charge in [-0.2, -0.15) is 0 Å². The van der Waals surface area contributed by atoms with Crippen molar-refractivity contribution in [3.8, 4) is 5.88 Å². The van der Waals surface area contributed by atoms with Gasteiger partial charge in [-0.1, -0.05) is 0 Å². The standard InChI is InChI=1S/C13H19N3O4/c1-4-16(10-6-20-5-9(10)13(17)18)11-8(2)12(19-3)15-7-14-11/h7,9-10H,4-6H2,1-3H3,(H,17,18). The number of ether oxygens (including phenoxy) is 2. The van der Waals surface area contributed by atoms with Crippen LogP contribution >= 0.6 is 0 Å². The molecule has 2 rings (SSSR count). The molecule has 0 radical (unpaired) electrons. The van der Waals surface area contributed by atoms with Crippen molar-refractivity contribution in [2.24, 2.45) is 5.92 Å². The summed E-state index contributed by atoms with van der Waals surface area (Å²) in [5.41, 5.74) is 0.799. The lowest BCUT2D eigenvalue weighted by Crippen LogP contribution is -2.44. The monoisotopic (exact) mass is 281 g/mol. The fraction of sp³-hybridized carbons (Fsp3) is 0.615. The highest BCUT2D eigenvalue weighted by Gasteiger charge is 2.38. The van der Waals surface area contributed by atoms with E-state index in [1.54, 1.807) is 7.11 Å². The quantitative estimate of drug-likeness (QED) is 0.851. The molecule has 0 aliphatic carbocycles. The van der Waals surface area contributed by atoms with Crippen molar-refractivity contribution in [3.05, 3.63) is 11.9 Å². The van der Waals surface area contributed by atoms with Gasteiger partial charge in [0.2, 0.25) is 5.88 Å². The molecule has 2 unspecified atom stereocenters. The molecule has 20 heavy (non-hydrogen) atoms. The summed E-state index contributed by atoms with van der Waals surface area (Å²) < 4.78 is 10.5. The fourth-order valence-corrected chi connectivity index (χ4v) is 2.55. The predicted octanol–water partition coefficient (Wildman–Crippen LogP) is 0.720. The Morgan fingerprint density at radius 1 is 1.55 bits per heavy atom. The van der Waals surface area contributed by atoms with E-state index in [2.05, 4.69) is 9.97 Å². The lowest BCUT2D eigenvalue weighted by molar-refractivity contribution is -0.141. The molecule has 2 atom stereocenters. The normalized spacial score (nSPS) is 21.8. The van der Waals surface area contributed by atoms with Gasteiger partial charge in [0.05, 0.1) is 31.9 Å². The van der Waals surface area contributed by atoms with Crippen molar-refractivity contribution in [1.29, 1.82) is 0 Å². The molecule has 1 aliphatic rings. The minimum absolute atomic E-state index is 0.226. The Morgan fingerprint density at radius 3 is 2.90 bits per heavy atom. The van der Waals surface area contributed by atoms with Crippen LogP contribution < -0.4 is 9.64 Å². The number of aromatic nitrogens is 2. The zero-order valence-corrected chi connectivity index (χ0v) is 11.9. The lowest BCUT2D eigenvalue weighted by Gasteiger charge is -2.31. The van der Waals surface area contributed by atoms with Crippen LogP contribution in [0, 0.1) is 12.8 Å². The molecule has 7 nitrogen and oxygen atoms in total. The summed E-state index contributed by atoms with van der Waals surface area (Å²) in [6.45, 7) is 5.08. The average molecular weight is 281 g/mol. The SMILES string of the molecule is CCN(c1ncnc(OC)c1C)C1COCC1C(=O)O. The Hall–Kier alpha value is -1.89. The molecule has 7 heteroatoms. The summed E-state index contributed by atoms with van der Waals surface area (Å²) in [4.78, 5) is 21.6. The van der Waals surface area contributed by atoms with Crippen molar-refractivity contribution in [2.45, 2.75) is 19.9 Å².